The van der Waals surface area contributed by atoms with Crippen LogP contribution < -0.4 is 0 Å². The van der Waals surface area contributed by atoms with E-state index in [2.05, 4.69) is 6.07 Å². The number of rotatable bonds is 5. The lowest BCUT2D eigenvalue weighted by molar-refractivity contribution is -0.146. The monoisotopic (exact) mass is 368 g/mol. The van der Waals surface area contributed by atoms with Gasteiger partial charge in [-0.3, -0.25) is 4.79 Å². The zero-order chi connectivity index (χ0) is 18.8. The Bertz CT molecular complexity index is 646. The van der Waals surface area contributed by atoms with Gasteiger partial charge in [0.15, 0.2) is 0 Å². The Morgan fingerprint density at radius 3 is 2.73 bits per heavy atom. The number of piperidine rings is 1. The van der Waals surface area contributed by atoms with Crippen molar-refractivity contribution in [1.29, 1.82) is 0 Å². The van der Waals surface area contributed by atoms with E-state index in [1.807, 2.05) is 34.9 Å². The average Bonchev–Trinajstić information content (AvgIpc) is 2.95. The molecular weight excluding hydrogens is 341 g/mol. The summed E-state index contributed by atoms with van der Waals surface area (Å²) in [6.45, 7) is 5.18. The van der Waals surface area contributed by atoms with Crippen LogP contribution in [0.15, 0.2) is 24.3 Å². The molecule has 3 rings (SSSR count). The minimum absolute atomic E-state index is 0.112. The Kier molecular flexibility index (Phi) is 5.61. The fraction of sp³-hybridized carbons (Fsp3) is 0.650. The van der Waals surface area contributed by atoms with E-state index >= 15 is 0 Å². The first-order valence-electron chi connectivity index (χ1n) is 9.41. The van der Waals surface area contributed by atoms with Crippen molar-refractivity contribution < 1.29 is 18.0 Å². The molecule has 2 saturated heterocycles. The van der Waals surface area contributed by atoms with Crippen LogP contribution in [-0.4, -0.2) is 48.1 Å². The van der Waals surface area contributed by atoms with E-state index in [1.54, 1.807) is 0 Å². The van der Waals surface area contributed by atoms with Gasteiger partial charge in [0.2, 0.25) is 5.91 Å². The van der Waals surface area contributed by atoms with Crippen molar-refractivity contribution in [2.45, 2.75) is 51.7 Å². The van der Waals surface area contributed by atoms with Crippen molar-refractivity contribution in [3.05, 3.63) is 35.4 Å². The van der Waals surface area contributed by atoms with E-state index in [-0.39, 0.29) is 17.7 Å². The minimum atomic E-state index is -4.09. The molecule has 1 atom stereocenters. The first-order chi connectivity index (χ1) is 12.3. The Balaban J connectivity index is 1.59. The van der Waals surface area contributed by atoms with Gasteiger partial charge in [-0.05, 0) is 51.3 Å². The van der Waals surface area contributed by atoms with Crippen LogP contribution in [0.3, 0.4) is 0 Å². The van der Waals surface area contributed by atoms with Gasteiger partial charge in [-0.1, -0.05) is 29.8 Å². The van der Waals surface area contributed by atoms with Crippen LogP contribution in [0.25, 0.3) is 0 Å². The lowest BCUT2D eigenvalue weighted by atomic mass is 9.78. The van der Waals surface area contributed by atoms with Crippen LogP contribution in [0, 0.1) is 12.3 Å². The summed E-state index contributed by atoms with van der Waals surface area (Å²) in [6.07, 6.45) is -2.14. The number of hydrogen-bond donors (Lipinski definition) is 0. The average molecular weight is 368 g/mol. The molecule has 0 bridgehead atoms. The van der Waals surface area contributed by atoms with Gasteiger partial charge < -0.3 is 9.80 Å². The van der Waals surface area contributed by atoms with E-state index in [0.29, 0.717) is 19.6 Å². The molecule has 1 spiro atoms. The largest absolute Gasteiger partial charge is 0.389 e. The Labute approximate surface area is 153 Å². The molecule has 0 aromatic heterocycles. The molecule has 1 aromatic carbocycles. The zero-order valence-corrected chi connectivity index (χ0v) is 15.3. The molecule has 6 heteroatoms. The summed E-state index contributed by atoms with van der Waals surface area (Å²) < 4.78 is 37.0. The van der Waals surface area contributed by atoms with E-state index in [4.69, 9.17) is 0 Å². The maximum Gasteiger partial charge on any atom is 0.389 e. The number of aryl methyl sites for hydroxylation is 1. The molecular formula is C20H27F3N2O. The van der Waals surface area contributed by atoms with E-state index in [9.17, 15) is 18.0 Å². The molecule has 0 radical (unpaired) electrons. The quantitative estimate of drug-likeness (QED) is 0.779. The number of halogens is 3. The van der Waals surface area contributed by atoms with Gasteiger partial charge in [0.1, 0.15) is 0 Å². The number of benzene rings is 1. The number of carbonyl (C=O) groups is 1. The van der Waals surface area contributed by atoms with Crippen LogP contribution in [0.5, 0.6) is 0 Å². The van der Waals surface area contributed by atoms with E-state index in [0.717, 1.165) is 37.9 Å². The highest BCUT2D eigenvalue weighted by Gasteiger charge is 2.48. The molecule has 2 aliphatic heterocycles. The highest BCUT2D eigenvalue weighted by molar-refractivity contribution is 5.84. The fourth-order valence-electron chi connectivity index (χ4n) is 4.36. The summed E-state index contributed by atoms with van der Waals surface area (Å²) >= 11 is 0. The summed E-state index contributed by atoms with van der Waals surface area (Å²) in [5.41, 5.74) is 1.93. The van der Waals surface area contributed by atoms with Gasteiger partial charge in [0, 0.05) is 26.1 Å². The molecule has 3 nitrogen and oxygen atoms in total. The summed E-state index contributed by atoms with van der Waals surface area (Å²) in [6, 6.07) is 8.19. The predicted octanol–water partition coefficient (Wildman–Crippen LogP) is 4.15. The molecule has 0 aliphatic carbocycles. The normalized spacial score (nSPS) is 24.6. The molecule has 0 unspecified atom stereocenters. The number of likely N-dealkylation sites (tertiary alicyclic amines) is 2. The van der Waals surface area contributed by atoms with Gasteiger partial charge in [0.05, 0.1) is 5.41 Å². The van der Waals surface area contributed by atoms with Gasteiger partial charge >= 0.3 is 6.18 Å². The number of alkyl halides is 3. The topological polar surface area (TPSA) is 23.6 Å². The lowest BCUT2D eigenvalue weighted by Gasteiger charge is -2.39. The second-order valence-corrected chi connectivity index (χ2v) is 7.84. The summed E-state index contributed by atoms with van der Waals surface area (Å²) in [5.74, 6) is 0.184. The van der Waals surface area contributed by atoms with Crippen LogP contribution in [0.4, 0.5) is 13.2 Å². The van der Waals surface area contributed by atoms with Crippen molar-refractivity contribution in [3.63, 3.8) is 0 Å². The fourth-order valence-corrected chi connectivity index (χ4v) is 4.36. The molecule has 144 valence electrons. The van der Waals surface area contributed by atoms with Gasteiger partial charge in [-0.25, -0.2) is 0 Å². The van der Waals surface area contributed by atoms with Crippen molar-refractivity contribution >= 4 is 5.91 Å². The van der Waals surface area contributed by atoms with Crippen molar-refractivity contribution in [2.75, 3.05) is 26.2 Å². The first-order valence-corrected chi connectivity index (χ1v) is 9.41. The second-order valence-electron chi connectivity index (χ2n) is 7.84. The lowest BCUT2D eigenvalue weighted by Crippen LogP contribution is -2.49. The van der Waals surface area contributed by atoms with Crippen LogP contribution >= 0.6 is 0 Å². The minimum Gasteiger partial charge on any atom is -0.338 e. The third kappa shape index (κ3) is 4.58. The van der Waals surface area contributed by atoms with E-state index in [1.165, 1.54) is 5.56 Å². The third-order valence-electron chi connectivity index (χ3n) is 5.65. The Morgan fingerprint density at radius 1 is 1.19 bits per heavy atom. The van der Waals surface area contributed by atoms with Crippen molar-refractivity contribution in [3.8, 4) is 0 Å². The molecule has 2 heterocycles. The van der Waals surface area contributed by atoms with Gasteiger partial charge in [0.25, 0.3) is 0 Å². The summed E-state index contributed by atoms with van der Waals surface area (Å²) in [7, 11) is 0. The summed E-state index contributed by atoms with van der Waals surface area (Å²) in [5, 5.41) is 0. The van der Waals surface area contributed by atoms with Crippen molar-refractivity contribution in [1.82, 2.24) is 9.80 Å². The second kappa shape index (κ2) is 7.59. The molecule has 2 fully saturated rings. The Morgan fingerprint density at radius 2 is 2.00 bits per heavy atom. The standard InChI is InChI=1S/C20H27F3N2O/c1-16-5-2-6-17(13-16)14-25-11-3-7-19(18(25)26)9-12-24(15-19)10-4-8-20(21,22)23/h2,5-6,13H,3-4,7-12,14-15H2,1H3/t19-/m0/s1. The smallest absolute Gasteiger partial charge is 0.338 e. The van der Waals surface area contributed by atoms with E-state index < -0.39 is 12.6 Å². The molecule has 0 N–H and O–H groups in total. The SMILES string of the molecule is Cc1cccc(CN2CCC[C@@]3(CCN(CCCC(F)(F)F)C3)C2=O)c1. The summed E-state index contributed by atoms with van der Waals surface area (Å²) in [4.78, 5) is 17.1. The van der Waals surface area contributed by atoms with Gasteiger partial charge in [-0.15, -0.1) is 0 Å². The number of amides is 1. The number of hydrogen-bond acceptors (Lipinski definition) is 2. The molecule has 2 aliphatic rings. The maximum absolute atomic E-state index is 13.1. The molecule has 1 aromatic rings. The predicted molar refractivity (Wildman–Crippen MR) is 94.6 cm³/mol. The third-order valence-corrected chi connectivity index (χ3v) is 5.65. The Hall–Kier alpha value is -1.56. The zero-order valence-electron chi connectivity index (χ0n) is 15.3. The highest BCUT2D eigenvalue weighted by Crippen LogP contribution is 2.40. The van der Waals surface area contributed by atoms with Gasteiger partial charge in [-0.2, -0.15) is 13.2 Å². The maximum atomic E-state index is 13.1. The molecule has 26 heavy (non-hydrogen) atoms. The highest BCUT2D eigenvalue weighted by atomic mass is 19.4. The number of carbonyl (C=O) groups excluding carboxylic acids is 1. The van der Waals surface area contributed by atoms with Crippen molar-refractivity contribution in [2.24, 2.45) is 5.41 Å². The molecule has 0 saturated carbocycles. The van der Waals surface area contributed by atoms with Crippen LogP contribution in [0.2, 0.25) is 0 Å². The van der Waals surface area contributed by atoms with Crippen LogP contribution in [-0.2, 0) is 11.3 Å². The number of nitrogens with zero attached hydrogens (tertiary/aromatic N) is 2. The van der Waals surface area contributed by atoms with Crippen LogP contribution in [0.1, 0.15) is 43.2 Å². The molecule has 1 amide bonds. The first kappa shape index (κ1) is 19.2.